The maximum Gasteiger partial charge on any atom is 0.387 e. The van der Waals surface area contributed by atoms with Crippen molar-refractivity contribution in [2.24, 2.45) is 0 Å². The predicted octanol–water partition coefficient (Wildman–Crippen LogP) is 4.90. The van der Waals surface area contributed by atoms with Gasteiger partial charge in [0, 0.05) is 10.0 Å². The third-order valence-electron chi connectivity index (χ3n) is 2.97. The highest BCUT2D eigenvalue weighted by atomic mass is 35.5. The van der Waals surface area contributed by atoms with E-state index in [2.05, 4.69) is 10.1 Å². The Labute approximate surface area is 131 Å². The molecule has 0 bridgehead atoms. The monoisotopic (exact) mass is 331 g/mol. The summed E-state index contributed by atoms with van der Waals surface area (Å²) in [5, 5.41) is 4.19. The van der Waals surface area contributed by atoms with Crippen LogP contribution in [0.2, 0.25) is 10.0 Å². The number of halogens is 4. The van der Waals surface area contributed by atoms with Crippen LogP contribution in [0.15, 0.2) is 42.5 Å². The number of rotatable bonds is 5. The van der Waals surface area contributed by atoms with Gasteiger partial charge in [0.15, 0.2) is 0 Å². The molecular formula is C15H13Cl2F2NO. The highest BCUT2D eigenvalue weighted by molar-refractivity contribution is 6.33. The lowest BCUT2D eigenvalue weighted by Crippen LogP contribution is -2.18. The lowest BCUT2D eigenvalue weighted by molar-refractivity contribution is -0.0498. The molecule has 6 heteroatoms. The number of hydrogen-bond donors (Lipinski definition) is 1. The minimum absolute atomic E-state index is 0.0981. The lowest BCUT2D eigenvalue weighted by Gasteiger charge is -2.19. The van der Waals surface area contributed by atoms with E-state index in [1.54, 1.807) is 43.4 Å². The summed E-state index contributed by atoms with van der Waals surface area (Å²) < 4.78 is 29.0. The number of nitrogens with one attached hydrogen (secondary N) is 1. The summed E-state index contributed by atoms with van der Waals surface area (Å²) in [6.07, 6.45) is 0. The molecule has 21 heavy (non-hydrogen) atoms. The van der Waals surface area contributed by atoms with Gasteiger partial charge < -0.3 is 10.1 Å². The summed E-state index contributed by atoms with van der Waals surface area (Å²) in [7, 11) is 1.75. The number of hydrogen-bond acceptors (Lipinski definition) is 2. The molecule has 0 aliphatic carbocycles. The van der Waals surface area contributed by atoms with Crippen molar-refractivity contribution >= 4 is 23.2 Å². The molecule has 1 unspecified atom stereocenters. The van der Waals surface area contributed by atoms with Crippen molar-refractivity contribution in [3.8, 4) is 5.75 Å². The highest BCUT2D eigenvalue weighted by Crippen LogP contribution is 2.32. The second kappa shape index (κ2) is 7.07. The van der Waals surface area contributed by atoms with Crippen LogP contribution in [0.4, 0.5) is 8.78 Å². The van der Waals surface area contributed by atoms with E-state index < -0.39 is 6.61 Å². The molecule has 0 aliphatic heterocycles. The van der Waals surface area contributed by atoms with Crippen molar-refractivity contribution in [1.29, 1.82) is 0 Å². The number of ether oxygens (including phenoxy) is 1. The Bertz CT molecular complexity index is 622. The fraction of sp³-hybridized carbons (Fsp3) is 0.200. The molecule has 0 aromatic heterocycles. The first-order chi connectivity index (χ1) is 10.0. The lowest BCUT2D eigenvalue weighted by atomic mass is 9.98. The van der Waals surface area contributed by atoms with E-state index in [9.17, 15) is 8.78 Å². The van der Waals surface area contributed by atoms with E-state index in [0.29, 0.717) is 10.0 Å². The second-order valence-corrected chi connectivity index (χ2v) is 5.18. The van der Waals surface area contributed by atoms with Crippen LogP contribution in [0.3, 0.4) is 0 Å². The zero-order valence-electron chi connectivity index (χ0n) is 11.1. The van der Waals surface area contributed by atoms with Crippen LogP contribution in [0.1, 0.15) is 17.2 Å². The standard InChI is InChI=1S/C15H13Cl2F2NO/c1-20-14(12-8-10(16)5-6-13(12)17)9-3-2-4-11(7-9)21-15(18)19/h2-8,14-15,20H,1H3. The van der Waals surface area contributed by atoms with Crippen LogP contribution in [0.25, 0.3) is 0 Å². The Morgan fingerprint density at radius 2 is 1.86 bits per heavy atom. The van der Waals surface area contributed by atoms with E-state index in [4.69, 9.17) is 23.2 Å². The molecule has 112 valence electrons. The van der Waals surface area contributed by atoms with E-state index >= 15 is 0 Å². The quantitative estimate of drug-likeness (QED) is 0.840. The molecule has 2 aromatic rings. The largest absolute Gasteiger partial charge is 0.435 e. The van der Waals surface area contributed by atoms with E-state index in [1.807, 2.05) is 0 Å². The molecule has 2 nitrogen and oxygen atoms in total. The first kappa shape index (κ1) is 16.0. The maximum absolute atomic E-state index is 12.3. The first-order valence-electron chi connectivity index (χ1n) is 6.18. The normalized spacial score (nSPS) is 12.5. The molecule has 1 atom stereocenters. The Balaban J connectivity index is 2.39. The summed E-state index contributed by atoms with van der Waals surface area (Å²) in [6, 6.07) is 11.3. The topological polar surface area (TPSA) is 21.3 Å². The molecule has 0 saturated carbocycles. The van der Waals surface area contributed by atoms with Gasteiger partial charge in [0.25, 0.3) is 0 Å². The Morgan fingerprint density at radius 1 is 1.10 bits per heavy atom. The van der Waals surface area contributed by atoms with Gasteiger partial charge in [0.2, 0.25) is 0 Å². The van der Waals surface area contributed by atoms with Gasteiger partial charge in [-0.3, -0.25) is 0 Å². The molecule has 0 aliphatic rings. The van der Waals surface area contributed by atoms with Gasteiger partial charge in [-0.15, -0.1) is 0 Å². The molecule has 0 saturated heterocycles. The highest BCUT2D eigenvalue weighted by Gasteiger charge is 2.17. The summed E-state index contributed by atoms with van der Waals surface area (Å²) in [5.41, 5.74) is 1.51. The van der Waals surface area contributed by atoms with Crippen LogP contribution in [0.5, 0.6) is 5.75 Å². The van der Waals surface area contributed by atoms with Gasteiger partial charge >= 0.3 is 6.61 Å². The van der Waals surface area contributed by atoms with E-state index in [0.717, 1.165) is 11.1 Å². The van der Waals surface area contributed by atoms with Gasteiger partial charge in [-0.1, -0.05) is 35.3 Å². The molecule has 0 fully saturated rings. The summed E-state index contributed by atoms with van der Waals surface area (Å²) >= 11 is 12.2. The van der Waals surface area contributed by atoms with Crippen LogP contribution in [-0.2, 0) is 0 Å². The van der Waals surface area contributed by atoms with Gasteiger partial charge in [0.1, 0.15) is 5.75 Å². The summed E-state index contributed by atoms with van der Waals surface area (Å²) in [4.78, 5) is 0. The fourth-order valence-electron chi connectivity index (χ4n) is 2.11. The number of benzene rings is 2. The third kappa shape index (κ3) is 4.06. The molecule has 0 radical (unpaired) electrons. The van der Waals surface area contributed by atoms with Crippen LogP contribution in [-0.4, -0.2) is 13.7 Å². The molecule has 0 heterocycles. The van der Waals surface area contributed by atoms with Crippen LogP contribution < -0.4 is 10.1 Å². The number of alkyl halides is 2. The van der Waals surface area contributed by atoms with Crippen molar-refractivity contribution in [3.63, 3.8) is 0 Å². The average molecular weight is 332 g/mol. The molecule has 2 rings (SSSR count). The summed E-state index contributed by atoms with van der Waals surface area (Å²) in [5.74, 6) is 0.0981. The Hall–Kier alpha value is -1.36. The van der Waals surface area contributed by atoms with Crippen molar-refractivity contribution in [2.75, 3.05) is 7.05 Å². The van der Waals surface area contributed by atoms with Crippen molar-refractivity contribution in [2.45, 2.75) is 12.7 Å². The minimum Gasteiger partial charge on any atom is -0.435 e. The zero-order valence-corrected chi connectivity index (χ0v) is 12.6. The molecule has 2 aromatic carbocycles. The average Bonchev–Trinajstić information content (AvgIpc) is 2.43. The van der Waals surface area contributed by atoms with Gasteiger partial charge in [0.05, 0.1) is 6.04 Å². The SMILES string of the molecule is CNC(c1cccc(OC(F)F)c1)c1cc(Cl)ccc1Cl. The summed E-state index contributed by atoms with van der Waals surface area (Å²) in [6.45, 7) is -2.86. The van der Waals surface area contributed by atoms with Crippen molar-refractivity contribution < 1.29 is 13.5 Å². The molecule has 0 amide bonds. The molecule has 1 N–H and O–H groups in total. The Morgan fingerprint density at radius 3 is 2.52 bits per heavy atom. The van der Waals surface area contributed by atoms with Gasteiger partial charge in [-0.2, -0.15) is 8.78 Å². The van der Waals surface area contributed by atoms with Gasteiger partial charge in [-0.05, 0) is 48.5 Å². The van der Waals surface area contributed by atoms with Gasteiger partial charge in [-0.25, -0.2) is 0 Å². The molecule has 0 spiro atoms. The predicted molar refractivity (Wildman–Crippen MR) is 80.4 cm³/mol. The van der Waals surface area contributed by atoms with Crippen molar-refractivity contribution in [3.05, 3.63) is 63.6 Å². The fourth-order valence-corrected chi connectivity index (χ4v) is 2.52. The van der Waals surface area contributed by atoms with E-state index in [1.165, 1.54) is 6.07 Å². The van der Waals surface area contributed by atoms with Crippen molar-refractivity contribution in [1.82, 2.24) is 5.32 Å². The third-order valence-corrected chi connectivity index (χ3v) is 3.55. The van der Waals surface area contributed by atoms with Crippen LogP contribution in [0, 0.1) is 0 Å². The minimum atomic E-state index is -2.86. The smallest absolute Gasteiger partial charge is 0.387 e. The first-order valence-corrected chi connectivity index (χ1v) is 6.94. The maximum atomic E-state index is 12.3. The van der Waals surface area contributed by atoms with Crippen LogP contribution >= 0.6 is 23.2 Å². The van der Waals surface area contributed by atoms with E-state index in [-0.39, 0.29) is 11.8 Å². The molecular weight excluding hydrogens is 319 g/mol. The second-order valence-electron chi connectivity index (χ2n) is 4.34. The Kier molecular flexibility index (Phi) is 5.39. The zero-order chi connectivity index (χ0) is 15.4.